The molecule has 2 rings (SSSR count). The van der Waals surface area contributed by atoms with Crippen molar-refractivity contribution in [3.05, 3.63) is 11.9 Å². The molecule has 1 fully saturated rings. The lowest BCUT2D eigenvalue weighted by Crippen LogP contribution is -2.34. The summed E-state index contributed by atoms with van der Waals surface area (Å²) in [5.74, 6) is -1.04. The standard InChI is InChI=1S/C12H18N4O4/c17-11(13-6-10-2-1-5-20-10)8-16-7-9(14-15-16)3-4-12(18)19/h7,10H,1-6,8H2,(H,13,17)(H,18,19). The lowest BCUT2D eigenvalue weighted by atomic mass is 10.2. The normalized spacial score (nSPS) is 18.1. The summed E-state index contributed by atoms with van der Waals surface area (Å²) in [4.78, 5) is 22.1. The molecular formula is C12H18N4O4. The van der Waals surface area contributed by atoms with Crippen LogP contribution in [0.5, 0.6) is 0 Å². The van der Waals surface area contributed by atoms with Crippen molar-refractivity contribution in [2.24, 2.45) is 0 Å². The fourth-order valence-corrected chi connectivity index (χ4v) is 2.00. The van der Waals surface area contributed by atoms with Crippen LogP contribution in [-0.4, -0.2) is 51.2 Å². The van der Waals surface area contributed by atoms with Crippen LogP contribution in [0.25, 0.3) is 0 Å². The number of aromatic nitrogens is 3. The molecule has 2 N–H and O–H groups in total. The molecule has 0 aliphatic carbocycles. The molecule has 0 bridgehead atoms. The third kappa shape index (κ3) is 4.61. The maximum Gasteiger partial charge on any atom is 0.303 e. The van der Waals surface area contributed by atoms with Crippen molar-refractivity contribution < 1.29 is 19.4 Å². The summed E-state index contributed by atoms with van der Waals surface area (Å²) < 4.78 is 6.81. The van der Waals surface area contributed by atoms with Crippen LogP contribution in [0.2, 0.25) is 0 Å². The molecule has 1 aliphatic heterocycles. The van der Waals surface area contributed by atoms with Crippen LogP contribution in [0.1, 0.15) is 25.0 Å². The molecule has 1 unspecified atom stereocenters. The van der Waals surface area contributed by atoms with Crippen molar-refractivity contribution in [2.45, 2.75) is 38.3 Å². The predicted octanol–water partition coefficient (Wildman–Crippen LogP) is -0.409. The van der Waals surface area contributed by atoms with E-state index in [2.05, 4.69) is 15.6 Å². The van der Waals surface area contributed by atoms with Crippen molar-refractivity contribution in [3.63, 3.8) is 0 Å². The molecule has 1 amide bonds. The molecule has 20 heavy (non-hydrogen) atoms. The minimum absolute atomic E-state index is 0.00388. The average Bonchev–Trinajstić information content (AvgIpc) is 3.05. The van der Waals surface area contributed by atoms with Gasteiger partial charge in [-0.05, 0) is 12.8 Å². The highest BCUT2D eigenvalue weighted by molar-refractivity contribution is 5.75. The van der Waals surface area contributed by atoms with Gasteiger partial charge >= 0.3 is 5.97 Å². The second kappa shape index (κ2) is 6.99. The Morgan fingerprint density at radius 1 is 1.55 bits per heavy atom. The lowest BCUT2D eigenvalue weighted by molar-refractivity contribution is -0.137. The van der Waals surface area contributed by atoms with Crippen molar-refractivity contribution in [3.8, 4) is 0 Å². The summed E-state index contributed by atoms with van der Waals surface area (Å²) in [6.07, 6.45) is 4.03. The number of carboxylic acid groups (broad SMARTS) is 1. The van der Waals surface area contributed by atoms with E-state index < -0.39 is 5.97 Å². The molecule has 8 heteroatoms. The summed E-state index contributed by atoms with van der Waals surface area (Å²) in [5, 5.41) is 19.0. The first-order chi connectivity index (χ1) is 9.63. The Bertz CT molecular complexity index is 468. The number of nitrogens with one attached hydrogen (secondary N) is 1. The van der Waals surface area contributed by atoms with Crippen LogP contribution < -0.4 is 5.32 Å². The van der Waals surface area contributed by atoms with E-state index in [-0.39, 0.29) is 25.0 Å². The number of ether oxygens (including phenoxy) is 1. The van der Waals surface area contributed by atoms with Gasteiger partial charge in [-0.25, -0.2) is 4.68 Å². The van der Waals surface area contributed by atoms with Crippen molar-refractivity contribution in [1.82, 2.24) is 20.3 Å². The number of nitrogens with zero attached hydrogens (tertiary/aromatic N) is 3. The number of aliphatic carboxylic acids is 1. The second-order valence-electron chi connectivity index (χ2n) is 4.74. The summed E-state index contributed by atoms with van der Waals surface area (Å²) >= 11 is 0. The van der Waals surface area contributed by atoms with E-state index in [0.717, 1.165) is 19.4 Å². The predicted molar refractivity (Wildman–Crippen MR) is 68.0 cm³/mol. The van der Waals surface area contributed by atoms with Gasteiger partial charge in [0.2, 0.25) is 5.91 Å². The summed E-state index contributed by atoms with van der Waals surface area (Å²) in [7, 11) is 0. The van der Waals surface area contributed by atoms with Gasteiger partial charge < -0.3 is 15.2 Å². The largest absolute Gasteiger partial charge is 0.481 e. The molecule has 1 saturated heterocycles. The van der Waals surface area contributed by atoms with E-state index in [1.54, 1.807) is 6.20 Å². The van der Waals surface area contributed by atoms with Gasteiger partial charge in [-0.3, -0.25) is 9.59 Å². The van der Waals surface area contributed by atoms with E-state index in [0.29, 0.717) is 18.7 Å². The molecular weight excluding hydrogens is 264 g/mol. The molecule has 1 aromatic rings. The third-order valence-electron chi connectivity index (χ3n) is 3.04. The van der Waals surface area contributed by atoms with Gasteiger partial charge in [0.25, 0.3) is 0 Å². The topological polar surface area (TPSA) is 106 Å². The van der Waals surface area contributed by atoms with Gasteiger partial charge in [-0.1, -0.05) is 5.21 Å². The molecule has 1 aromatic heterocycles. The number of amides is 1. The quantitative estimate of drug-likeness (QED) is 0.704. The molecule has 110 valence electrons. The van der Waals surface area contributed by atoms with Crippen LogP contribution in [0.4, 0.5) is 0 Å². The SMILES string of the molecule is O=C(O)CCc1cn(CC(=O)NCC2CCCO2)nn1. The Morgan fingerprint density at radius 3 is 3.10 bits per heavy atom. The highest BCUT2D eigenvalue weighted by atomic mass is 16.5. The van der Waals surface area contributed by atoms with Crippen LogP contribution in [-0.2, 0) is 27.3 Å². The minimum atomic E-state index is -0.881. The fourth-order valence-electron chi connectivity index (χ4n) is 2.00. The first-order valence-electron chi connectivity index (χ1n) is 6.62. The van der Waals surface area contributed by atoms with Crippen LogP contribution in [0, 0.1) is 0 Å². The number of carbonyl (C=O) groups excluding carboxylic acids is 1. The zero-order valence-electron chi connectivity index (χ0n) is 11.1. The van der Waals surface area contributed by atoms with Gasteiger partial charge in [-0.2, -0.15) is 0 Å². The van der Waals surface area contributed by atoms with E-state index in [4.69, 9.17) is 9.84 Å². The molecule has 0 spiro atoms. The third-order valence-corrected chi connectivity index (χ3v) is 3.04. The Hall–Kier alpha value is -1.96. The van der Waals surface area contributed by atoms with Crippen LogP contribution >= 0.6 is 0 Å². The average molecular weight is 282 g/mol. The van der Waals surface area contributed by atoms with Gasteiger partial charge in [0.05, 0.1) is 18.2 Å². The molecule has 2 heterocycles. The monoisotopic (exact) mass is 282 g/mol. The Morgan fingerprint density at radius 2 is 2.40 bits per heavy atom. The second-order valence-corrected chi connectivity index (χ2v) is 4.74. The molecule has 8 nitrogen and oxygen atoms in total. The molecule has 1 aliphatic rings. The van der Waals surface area contributed by atoms with Crippen molar-refractivity contribution >= 4 is 11.9 Å². The number of carboxylic acids is 1. The maximum atomic E-state index is 11.7. The number of aryl methyl sites for hydroxylation is 1. The highest BCUT2D eigenvalue weighted by Gasteiger charge is 2.16. The lowest BCUT2D eigenvalue weighted by Gasteiger charge is -2.10. The Labute approximate surface area is 116 Å². The Balaban J connectivity index is 1.71. The molecule has 0 aromatic carbocycles. The van der Waals surface area contributed by atoms with E-state index in [9.17, 15) is 9.59 Å². The van der Waals surface area contributed by atoms with Crippen LogP contribution in [0.15, 0.2) is 6.20 Å². The smallest absolute Gasteiger partial charge is 0.303 e. The van der Waals surface area contributed by atoms with E-state index in [1.165, 1.54) is 4.68 Å². The molecule has 0 saturated carbocycles. The summed E-state index contributed by atoms with van der Waals surface area (Å²) in [6, 6.07) is 0. The highest BCUT2D eigenvalue weighted by Crippen LogP contribution is 2.10. The first-order valence-corrected chi connectivity index (χ1v) is 6.62. The number of carbonyl (C=O) groups is 2. The number of hydrogen-bond acceptors (Lipinski definition) is 5. The fraction of sp³-hybridized carbons (Fsp3) is 0.667. The first kappa shape index (κ1) is 14.4. The van der Waals surface area contributed by atoms with Gasteiger partial charge in [0.15, 0.2) is 0 Å². The zero-order chi connectivity index (χ0) is 14.4. The van der Waals surface area contributed by atoms with Gasteiger partial charge in [-0.15, -0.1) is 5.10 Å². The minimum Gasteiger partial charge on any atom is -0.481 e. The Kier molecular flexibility index (Phi) is 5.05. The maximum absolute atomic E-state index is 11.7. The summed E-state index contributed by atoms with van der Waals surface area (Å²) in [5.41, 5.74) is 0.569. The van der Waals surface area contributed by atoms with E-state index >= 15 is 0 Å². The molecule has 1 atom stereocenters. The number of rotatable bonds is 7. The van der Waals surface area contributed by atoms with Crippen molar-refractivity contribution in [1.29, 1.82) is 0 Å². The summed E-state index contributed by atoms with van der Waals surface area (Å²) in [6.45, 7) is 1.35. The van der Waals surface area contributed by atoms with Crippen LogP contribution in [0.3, 0.4) is 0 Å². The van der Waals surface area contributed by atoms with Crippen molar-refractivity contribution in [2.75, 3.05) is 13.2 Å². The zero-order valence-corrected chi connectivity index (χ0v) is 11.1. The molecule has 0 radical (unpaired) electrons. The van der Waals surface area contributed by atoms with E-state index in [1.807, 2.05) is 0 Å². The number of hydrogen-bond donors (Lipinski definition) is 2. The van der Waals surface area contributed by atoms with Gasteiger partial charge in [0, 0.05) is 25.8 Å². The van der Waals surface area contributed by atoms with Gasteiger partial charge in [0.1, 0.15) is 6.54 Å².